The molecule has 0 radical (unpaired) electrons. The van der Waals surface area contributed by atoms with Crippen molar-refractivity contribution >= 4 is 5.57 Å². The average Bonchev–Trinajstić information content (AvgIpc) is 2.37. The van der Waals surface area contributed by atoms with Gasteiger partial charge in [0.15, 0.2) is 0 Å². The van der Waals surface area contributed by atoms with Crippen LogP contribution in [0.1, 0.15) is 36.8 Å². The first kappa shape index (κ1) is 14.6. The third-order valence-corrected chi connectivity index (χ3v) is 4.63. The molecule has 1 fully saturated rings. The third-order valence-electron chi connectivity index (χ3n) is 4.63. The Hall–Kier alpha value is -1.36. The van der Waals surface area contributed by atoms with Crippen LogP contribution in [0.3, 0.4) is 0 Å². The Balaban J connectivity index is 1.98. The van der Waals surface area contributed by atoms with Gasteiger partial charge in [-0.1, -0.05) is 18.6 Å². The maximum absolute atomic E-state index is 13.4. The molecule has 1 saturated heterocycles. The molecule has 0 amide bonds. The largest absolute Gasteiger partial charge is 0.419 e. The van der Waals surface area contributed by atoms with Crippen molar-refractivity contribution in [2.24, 2.45) is 0 Å². The Bertz CT molecular complexity index is 576. The molecular formula is C16H17F4N. The molecule has 1 aromatic rings. The van der Waals surface area contributed by atoms with Crippen molar-refractivity contribution in [2.45, 2.75) is 43.9 Å². The quantitative estimate of drug-likeness (QED) is 0.691. The van der Waals surface area contributed by atoms with E-state index in [1.54, 1.807) is 0 Å². The number of rotatable bonds is 1. The second kappa shape index (κ2) is 5.13. The van der Waals surface area contributed by atoms with E-state index in [9.17, 15) is 17.6 Å². The van der Waals surface area contributed by atoms with Crippen LogP contribution >= 0.6 is 0 Å². The Labute approximate surface area is 121 Å². The Morgan fingerprint density at radius 3 is 2.62 bits per heavy atom. The summed E-state index contributed by atoms with van der Waals surface area (Å²) in [7, 11) is 2.06. The number of alkyl halides is 3. The summed E-state index contributed by atoms with van der Waals surface area (Å²) in [5.41, 5.74) is 0.229. The smallest absolute Gasteiger partial charge is 0.297 e. The van der Waals surface area contributed by atoms with Crippen LogP contribution in [0.15, 0.2) is 24.3 Å². The summed E-state index contributed by atoms with van der Waals surface area (Å²) < 4.78 is 51.8. The summed E-state index contributed by atoms with van der Waals surface area (Å²) in [6.45, 7) is 0. The molecule has 2 unspecified atom stereocenters. The van der Waals surface area contributed by atoms with Gasteiger partial charge >= 0.3 is 6.18 Å². The summed E-state index contributed by atoms with van der Waals surface area (Å²) in [5.74, 6) is -1.21. The van der Waals surface area contributed by atoms with Gasteiger partial charge in [-0.2, -0.15) is 13.2 Å². The molecule has 2 heterocycles. The normalized spacial score (nSPS) is 26.6. The van der Waals surface area contributed by atoms with E-state index in [1.165, 1.54) is 6.07 Å². The van der Waals surface area contributed by atoms with Crippen LogP contribution in [0.5, 0.6) is 0 Å². The fourth-order valence-electron chi connectivity index (χ4n) is 3.40. The molecule has 3 rings (SSSR count). The SMILES string of the molecule is CN1C2C=C(c3ccc(F)c(C(F)(F)F)c3)CC1CCC2. The topological polar surface area (TPSA) is 3.24 Å². The fraction of sp³-hybridized carbons (Fsp3) is 0.500. The number of hydrogen-bond donors (Lipinski definition) is 0. The molecule has 5 heteroatoms. The van der Waals surface area contributed by atoms with Crippen molar-refractivity contribution in [1.82, 2.24) is 4.90 Å². The van der Waals surface area contributed by atoms with Gasteiger partial charge in [0.05, 0.1) is 5.56 Å². The van der Waals surface area contributed by atoms with Crippen molar-refractivity contribution in [3.8, 4) is 0 Å². The minimum absolute atomic E-state index is 0.284. The van der Waals surface area contributed by atoms with Crippen LogP contribution < -0.4 is 0 Å². The monoisotopic (exact) mass is 299 g/mol. The standard InChI is InChI=1S/C16H17F4N/c1-21-12-3-2-4-13(21)8-11(7-12)10-5-6-15(17)14(9-10)16(18,19)20/h5-7,9,12-13H,2-4,8H2,1H3. The zero-order valence-electron chi connectivity index (χ0n) is 11.8. The van der Waals surface area contributed by atoms with Gasteiger partial charge in [0.2, 0.25) is 0 Å². The molecule has 0 aromatic heterocycles. The zero-order chi connectivity index (χ0) is 15.2. The number of hydrogen-bond acceptors (Lipinski definition) is 1. The predicted octanol–water partition coefficient (Wildman–Crippen LogP) is 4.48. The maximum Gasteiger partial charge on any atom is 0.419 e. The van der Waals surface area contributed by atoms with E-state index in [0.29, 0.717) is 11.6 Å². The first-order valence-corrected chi connectivity index (χ1v) is 7.16. The highest BCUT2D eigenvalue weighted by Crippen LogP contribution is 2.38. The van der Waals surface area contributed by atoms with Crippen LogP contribution in [0.4, 0.5) is 17.6 Å². The number of likely N-dealkylation sites (N-methyl/N-ethyl adjacent to an activating group) is 1. The lowest BCUT2D eigenvalue weighted by Gasteiger charge is -2.42. The van der Waals surface area contributed by atoms with E-state index in [2.05, 4.69) is 11.9 Å². The lowest BCUT2D eigenvalue weighted by molar-refractivity contribution is -0.140. The van der Waals surface area contributed by atoms with Crippen molar-refractivity contribution in [3.05, 3.63) is 41.2 Å². The summed E-state index contributed by atoms with van der Waals surface area (Å²) in [6, 6.07) is 3.99. The first-order chi connectivity index (χ1) is 9.86. The third kappa shape index (κ3) is 2.71. The molecule has 1 nitrogen and oxygen atoms in total. The Morgan fingerprint density at radius 1 is 1.19 bits per heavy atom. The van der Waals surface area contributed by atoms with Gasteiger partial charge in [0.25, 0.3) is 0 Å². The molecule has 2 aliphatic heterocycles. The van der Waals surface area contributed by atoms with Gasteiger partial charge in [-0.05, 0) is 49.6 Å². The molecule has 21 heavy (non-hydrogen) atoms. The van der Waals surface area contributed by atoms with E-state index in [-0.39, 0.29) is 6.04 Å². The predicted molar refractivity (Wildman–Crippen MR) is 73.2 cm³/mol. The van der Waals surface area contributed by atoms with Gasteiger partial charge in [-0.25, -0.2) is 4.39 Å². The summed E-state index contributed by atoms with van der Waals surface area (Å²) in [5, 5.41) is 0. The lowest BCUT2D eigenvalue weighted by Crippen LogP contribution is -2.45. The van der Waals surface area contributed by atoms with Crippen molar-refractivity contribution in [1.29, 1.82) is 0 Å². The second-order valence-corrected chi connectivity index (χ2v) is 5.91. The summed E-state index contributed by atoms with van der Waals surface area (Å²) in [4.78, 5) is 2.29. The van der Waals surface area contributed by atoms with E-state index in [4.69, 9.17) is 0 Å². The van der Waals surface area contributed by atoms with Crippen molar-refractivity contribution in [3.63, 3.8) is 0 Å². The molecule has 0 saturated carbocycles. The zero-order valence-corrected chi connectivity index (χ0v) is 11.8. The minimum atomic E-state index is -4.65. The first-order valence-electron chi connectivity index (χ1n) is 7.16. The minimum Gasteiger partial charge on any atom is -0.297 e. The van der Waals surface area contributed by atoms with Crippen molar-refractivity contribution < 1.29 is 17.6 Å². The Morgan fingerprint density at radius 2 is 1.95 bits per heavy atom. The molecule has 2 atom stereocenters. The number of benzene rings is 1. The maximum atomic E-state index is 13.4. The summed E-state index contributed by atoms with van der Waals surface area (Å²) >= 11 is 0. The highest BCUT2D eigenvalue weighted by Gasteiger charge is 2.36. The van der Waals surface area contributed by atoms with Crippen LogP contribution in [-0.2, 0) is 6.18 Å². The molecule has 0 N–H and O–H groups in total. The van der Waals surface area contributed by atoms with Crippen LogP contribution in [0.2, 0.25) is 0 Å². The van der Waals surface area contributed by atoms with Crippen LogP contribution in [0.25, 0.3) is 5.57 Å². The van der Waals surface area contributed by atoms with Crippen molar-refractivity contribution in [2.75, 3.05) is 7.05 Å². The molecule has 114 valence electrons. The number of halogens is 4. The fourth-order valence-corrected chi connectivity index (χ4v) is 3.40. The van der Waals surface area contributed by atoms with Crippen LogP contribution in [0, 0.1) is 5.82 Å². The van der Waals surface area contributed by atoms with E-state index >= 15 is 0 Å². The average molecular weight is 299 g/mol. The molecule has 0 spiro atoms. The number of fused-ring (bicyclic) bond motifs is 2. The van der Waals surface area contributed by atoms with Gasteiger partial charge < -0.3 is 0 Å². The van der Waals surface area contributed by atoms with Gasteiger partial charge in [-0.3, -0.25) is 4.90 Å². The molecular weight excluding hydrogens is 282 g/mol. The summed E-state index contributed by atoms with van der Waals surface area (Å²) in [6.07, 6.45) is 1.38. The van der Waals surface area contributed by atoms with Gasteiger partial charge in [0, 0.05) is 12.1 Å². The highest BCUT2D eigenvalue weighted by molar-refractivity contribution is 5.68. The van der Waals surface area contributed by atoms with E-state index in [1.807, 2.05) is 6.08 Å². The molecule has 0 aliphatic carbocycles. The molecule has 2 aliphatic rings. The van der Waals surface area contributed by atoms with Gasteiger partial charge in [0.1, 0.15) is 5.82 Å². The number of piperidine rings is 1. The van der Waals surface area contributed by atoms with Gasteiger partial charge in [-0.15, -0.1) is 0 Å². The highest BCUT2D eigenvalue weighted by atomic mass is 19.4. The molecule has 1 aromatic carbocycles. The van der Waals surface area contributed by atoms with Crippen LogP contribution in [-0.4, -0.2) is 24.0 Å². The Kier molecular flexibility index (Phi) is 3.56. The van der Waals surface area contributed by atoms with E-state index in [0.717, 1.165) is 43.4 Å². The van der Waals surface area contributed by atoms with E-state index < -0.39 is 17.6 Å². The lowest BCUT2D eigenvalue weighted by atomic mass is 9.83. The molecule has 2 bridgehead atoms. The number of nitrogens with zero attached hydrogens (tertiary/aromatic N) is 1. The second-order valence-electron chi connectivity index (χ2n) is 5.91.